The second-order valence-corrected chi connectivity index (χ2v) is 7.93. The number of pyridine rings is 1. The van der Waals surface area contributed by atoms with Gasteiger partial charge in [0, 0.05) is 36.4 Å². The van der Waals surface area contributed by atoms with Gasteiger partial charge in [-0.05, 0) is 61.2 Å². The summed E-state index contributed by atoms with van der Waals surface area (Å²) in [5, 5.41) is 3.56. The minimum absolute atomic E-state index is 0.176. The lowest BCUT2D eigenvalue weighted by atomic mass is 10.0. The van der Waals surface area contributed by atoms with Crippen LogP contribution in [-0.2, 0) is 29.0 Å². The van der Waals surface area contributed by atoms with Gasteiger partial charge in [-0.2, -0.15) is 0 Å². The summed E-state index contributed by atoms with van der Waals surface area (Å²) in [6.45, 7) is 1.39. The van der Waals surface area contributed by atoms with Crippen molar-refractivity contribution in [3.63, 3.8) is 0 Å². The maximum atomic E-state index is 12.9. The normalized spacial score (nSPS) is 17.0. The van der Waals surface area contributed by atoms with Crippen LogP contribution in [0.4, 0.5) is 0 Å². The topological polar surface area (TPSA) is 114 Å². The molecule has 7 nitrogen and oxygen atoms in total. The number of nitrogens with zero attached hydrogens (tertiary/aromatic N) is 2. The smallest absolute Gasteiger partial charge is 0.243 e. The number of halogens is 1. The van der Waals surface area contributed by atoms with Crippen LogP contribution in [0.2, 0.25) is 5.02 Å². The maximum absolute atomic E-state index is 12.9. The maximum Gasteiger partial charge on any atom is 0.243 e. The van der Waals surface area contributed by atoms with Crippen molar-refractivity contribution in [2.24, 2.45) is 11.5 Å². The van der Waals surface area contributed by atoms with Crippen LogP contribution in [-0.4, -0.2) is 46.9 Å². The van der Waals surface area contributed by atoms with Crippen molar-refractivity contribution in [2.45, 2.75) is 44.3 Å². The first-order chi connectivity index (χ1) is 14.5. The van der Waals surface area contributed by atoms with Crippen LogP contribution in [0, 0.1) is 0 Å². The highest BCUT2D eigenvalue weighted by Crippen LogP contribution is 2.20. The van der Waals surface area contributed by atoms with E-state index in [4.69, 9.17) is 23.1 Å². The Morgan fingerprint density at radius 2 is 2.10 bits per heavy atom. The lowest BCUT2D eigenvalue weighted by Gasteiger charge is -2.26. The number of benzene rings is 1. The Hall–Kier alpha value is -2.48. The van der Waals surface area contributed by atoms with Crippen LogP contribution in [0.25, 0.3) is 0 Å². The molecule has 2 aromatic rings. The molecule has 0 saturated carbocycles. The number of aromatic nitrogens is 1. The molecule has 5 N–H and O–H groups in total. The summed E-state index contributed by atoms with van der Waals surface area (Å²) in [7, 11) is 0. The number of hydrogen-bond donors (Lipinski definition) is 3. The van der Waals surface area contributed by atoms with E-state index in [9.17, 15) is 9.59 Å². The number of carbonyl (C=O) groups excluding carboxylic acids is 2. The van der Waals surface area contributed by atoms with Crippen LogP contribution in [0.1, 0.15) is 29.7 Å². The Morgan fingerprint density at radius 3 is 2.83 bits per heavy atom. The number of nitrogens with two attached hydrogens (primary N) is 2. The molecule has 2 atom stereocenters. The van der Waals surface area contributed by atoms with Crippen LogP contribution in [0.3, 0.4) is 0 Å². The van der Waals surface area contributed by atoms with Crippen molar-refractivity contribution in [1.29, 1.82) is 0 Å². The summed E-state index contributed by atoms with van der Waals surface area (Å²) < 4.78 is 0. The van der Waals surface area contributed by atoms with Gasteiger partial charge < -0.3 is 21.7 Å². The predicted molar refractivity (Wildman–Crippen MR) is 117 cm³/mol. The fraction of sp³-hybridized carbons (Fsp3) is 0.409. The summed E-state index contributed by atoms with van der Waals surface area (Å²) in [5.74, 6) is -0.394. The van der Waals surface area contributed by atoms with Gasteiger partial charge in [-0.25, -0.2) is 0 Å². The zero-order chi connectivity index (χ0) is 21.5. The third-order valence-corrected chi connectivity index (χ3v) is 5.58. The molecule has 1 aromatic carbocycles. The first kappa shape index (κ1) is 22.2. The molecule has 1 aliphatic heterocycles. The third kappa shape index (κ3) is 5.56. The number of carbonyl (C=O) groups is 2. The first-order valence-corrected chi connectivity index (χ1v) is 10.6. The third-order valence-electron chi connectivity index (χ3n) is 5.35. The number of hydrogen-bond acceptors (Lipinski definition) is 5. The van der Waals surface area contributed by atoms with E-state index in [-0.39, 0.29) is 11.8 Å². The first-order valence-electron chi connectivity index (χ1n) is 10.2. The highest BCUT2D eigenvalue weighted by atomic mass is 35.5. The fourth-order valence-corrected chi connectivity index (χ4v) is 4.00. The Morgan fingerprint density at radius 1 is 1.27 bits per heavy atom. The molecule has 2 unspecified atom stereocenters. The van der Waals surface area contributed by atoms with Crippen molar-refractivity contribution >= 4 is 23.4 Å². The molecule has 1 aliphatic rings. The summed E-state index contributed by atoms with van der Waals surface area (Å²) in [5.41, 5.74) is 14.6. The van der Waals surface area contributed by atoms with E-state index in [1.807, 2.05) is 36.4 Å². The molecule has 8 heteroatoms. The van der Waals surface area contributed by atoms with Gasteiger partial charge in [0.1, 0.15) is 6.04 Å². The van der Waals surface area contributed by atoms with Gasteiger partial charge in [0.25, 0.3) is 0 Å². The molecule has 2 heterocycles. The molecule has 0 aliphatic carbocycles. The summed E-state index contributed by atoms with van der Waals surface area (Å²) in [4.78, 5) is 31.6. The summed E-state index contributed by atoms with van der Waals surface area (Å²) >= 11 is 6.11. The van der Waals surface area contributed by atoms with E-state index >= 15 is 0 Å². The SMILES string of the molecule is NCCc1ccc(Cl)cc1CNC(=O)C1CCCN1C(=O)C(N)Cc1ccccn1. The molecule has 1 saturated heterocycles. The minimum atomic E-state index is -0.725. The van der Waals surface area contributed by atoms with Crippen molar-refractivity contribution in [3.05, 3.63) is 64.4 Å². The molecule has 2 amide bonds. The minimum Gasteiger partial charge on any atom is -0.350 e. The van der Waals surface area contributed by atoms with E-state index in [1.54, 1.807) is 11.1 Å². The van der Waals surface area contributed by atoms with Crippen molar-refractivity contribution < 1.29 is 9.59 Å². The van der Waals surface area contributed by atoms with Gasteiger partial charge in [-0.1, -0.05) is 23.7 Å². The number of rotatable bonds is 8. The molecule has 0 spiro atoms. The van der Waals surface area contributed by atoms with Crippen molar-refractivity contribution in [2.75, 3.05) is 13.1 Å². The zero-order valence-corrected chi connectivity index (χ0v) is 17.6. The zero-order valence-electron chi connectivity index (χ0n) is 16.9. The molecular formula is C22H28ClN5O2. The molecule has 30 heavy (non-hydrogen) atoms. The highest BCUT2D eigenvalue weighted by molar-refractivity contribution is 6.30. The van der Waals surface area contributed by atoms with Gasteiger partial charge in [-0.3, -0.25) is 14.6 Å². The Bertz CT molecular complexity index is 877. The monoisotopic (exact) mass is 429 g/mol. The van der Waals surface area contributed by atoms with Crippen LogP contribution in [0.5, 0.6) is 0 Å². The van der Waals surface area contributed by atoms with Gasteiger partial charge in [-0.15, -0.1) is 0 Å². The van der Waals surface area contributed by atoms with E-state index in [0.717, 1.165) is 23.2 Å². The second-order valence-electron chi connectivity index (χ2n) is 7.49. The Balaban J connectivity index is 1.61. The predicted octanol–water partition coefficient (Wildman–Crippen LogP) is 1.41. The lowest BCUT2D eigenvalue weighted by molar-refractivity contribution is -0.139. The second kappa shape index (κ2) is 10.5. The number of likely N-dealkylation sites (tertiary alicyclic amines) is 1. The molecule has 1 fully saturated rings. The summed E-state index contributed by atoms with van der Waals surface area (Å²) in [6.07, 6.45) is 4.12. The van der Waals surface area contributed by atoms with Gasteiger partial charge >= 0.3 is 0 Å². The molecule has 1 aromatic heterocycles. The molecule has 0 radical (unpaired) electrons. The number of nitrogens with one attached hydrogen (secondary N) is 1. The van der Waals surface area contributed by atoms with Crippen LogP contribution < -0.4 is 16.8 Å². The fourth-order valence-electron chi connectivity index (χ4n) is 3.81. The van der Waals surface area contributed by atoms with E-state index in [1.165, 1.54) is 0 Å². The average molecular weight is 430 g/mol. The van der Waals surface area contributed by atoms with Crippen LogP contribution >= 0.6 is 11.6 Å². The molecule has 160 valence electrons. The molecular weight excluding hydrogens is 402 g/mol. The largest absolute Gasteiger partial charge is 0.350 e. The van der Waals surface area contributed by atoms with Gasteiger partial charge in [0.2, 0.25) is 11.8 Å². The quantitative estimate of drug-likeness (QED) is 0.587. The number of amides is 2. The highest BCUT2D eigenvalue weighted by Gasteiger charge is 2.36. The molecule has 0 bridgehead atoms. The Kier molecular flexibility index (Phi) is 7.79. The van der Waals surface area contributed by atoms with E-state index < -0.39 is 12.1 Å². The Labute approximate surface area is 181 Å². The molecule has 3 rings (SSSR count). The van der Waals surface area contributed by atoms with Gasteiger partial charge in [0.15, 0.2) is 0 Å². The van der Waals surface area contributed by atoms with E-state index in [2.05, 4.69) is 10.3 Å². The summed E-state index contributed by atoms with van der Waals surface area (Å²) in [6, 6.07) is 9.87. The standard InChI is InChI=1S/C22H28ClN5O2/c23-17-7-6-15(8-9-24)16(12-17)14-27-21(29)20-5-3-11-28(20)22(30)19(25)13-18-4-1-2-10-26-18/h1-2,4,6-7,10,12,19-20H,3,5,8-9,11,13-14,24-25H2,(H,27,29). The van der Waals surface area contributed by atoms with Crippen molar-refractivity contribution in [3.8, 4) is 0 Å². The average Bonchev–Trinajstić information content (AvgIpc) is 3.24. The van der Waals surface area contributed by atoms with Crippen molar-refractivity contribution in [1.82, 2.24) is 15.2 Å². The van der Waals surface area contributed by atoms with E-state index in [0.29, 0.717) is 43.9 Å². The lowest BCUT2D eigenvalue weighted by Crippen LogP contribution is -2.51. The van der Waals surface area contributed by atoms with Gasteiger partial charge in [0.05, 0.1) is 6.04 Å². The van der Waals surface area contributed by atoms with Crippen LogP contribution in [0.15, 0.2) is 42.6 Å².